The average molecular weight is 510 g/mol. The fraction of sp³-hybridized carbons (Fsp3) is 0.538. The molecule has 37 heavy (non-hydrogen) atoms. The molecule has 0 bridgehead atoms. The first-order valence-corrected chi connectivity index (χ1v) is 13.1. The number of rotatable bonds is 6. The largest absolute Gasteiger partial charge is 0.350 e. The standard InChI is InChI=1S/C26H33F2N9/c1-17-31-25-22(36(17)16-24(27)28)13-18(14-29-25)21-7-8-37-23(21)15-30-26(33-37)32-19-3-5-20(6-4-19)35-11-9-34(2)10-12-35/h7-8,13-15,19-20,24H,3-6,9-12,16H2,1-2H3,(H,32,33). The molecule has 11 heteroatoms. The van der Waals surface area contributed by atoms with Gasteiger partial charge < -0.3 is 14.8 Å². The van der Waals surface area contributed by atoms with Crippen LogP contribution in [0.3, 0.4) is 0 Å². The van der Waals surface area contributed by atoms with Gasteiger partial charge >= 0.3 is 0 Å². The van der Waals surface area contributed by atoms with Gasteiger partial charge in [-0.05, 0) is 51.8 Å². The van der Waals surface area contributed by atoms with Gasteiger partial charge in [0.1, 0.15) is 5.82 Å². The van der Waals surface area contributed by atoms with E-state index in [-0.39, 0.29) is 0 Å². The summed E-state index contributed by atoms with van der Waals surface area (Å²) < 4.78 is 29.6. The van der Waals surface area contributed by atoms with E-state index in [9.17, 15) is 8.78 Å². The lowest BCUT2D eigenvalue weighted by molar-refractivity contribution is 0.0893. The highest BCUT2D eigenvalue weighted by atomic mass is 19.3. The van der Waals surface area contributed by atoms with Crippen LogP contribution in [0.5, 0.6) is 0 Å². The minimum absolute atomic E-state index is 0.376. The summed E-state index contributed by atoms with van der Waals surface area (Å²) in [5, 5.41) is 8.24. The number of halogens is 2. The van der Waals surface area contributed by atoms with Crippen molar-refractivity contribution >= 4 is 22.6 Å². The number of hydrogen-bond acceptors (Lipinski definition) is 7. The zero-order chi connectivity index (χ0) is 25.5. The maximum Gasteiger partial charge on any atom is 0.256 e. The van der Waals surface area contributed by atoms with Crippen LogP contribution in [0.1, 0.15) is 31.5 Å². The molecular formula is C26H33F2N9. The number of likely N-dealkylation sites (N-methyl/N-ethyl adjacent to an activating group) is 1. The van der Waals surface area contributed by atoms with Gasteiger partial charge in [0.25, 0.3) is 6.43 Å². The molecule has 1 saturated heterocycles. The summed E-state index contributed by atoms with van der Waals surface area (Å²) in [7, 11) is 2.20. The Morgan fingerprint density at radius 1 is 1.03 bits per heavy atom. The van der Waals surface area contributed by atoms with E-state index >= 15 is 0 Å². The van der Waals surface area contributed by atoms with Gasteiger partial charge in [-0.15, -0.1) is 5.10 Å². The normalized spacial score (nSPS) is 21.9. The number of anilines is 1. The van der Waals surface area contributed by atoms with Crippen LogP contribution in [0, 0.1) is 6.92 Å². The van der Waals surface area contributed by atoms with Crippen molar-refractivity contribution in [3.63, 3.8) is 0 Å². The number of nitrogens with zero attached hydrogens (tertiary/aromatic N) is 8. The van der Waals surface area contributed by atoms with E-state index in [2.05, 4.69) is 37.1 Å². The monoisotopic (exact) mass is 509 g/mol. The summed E-state index contributed by atoms with van der Waals surface area (Å²) in [6, 6.07) is 4.89. The predicted octanol–water partition coefficient (Wildman–Crippen LogP) is 3.69. The molecule has 0 aromatic carbocycles. The lowest BCUT2D eigenvalue weighted by atomic mass is 9.90. The maximum atomic E-state index is 13.1. The Morgan fingerprint density at radius 2 is 1.81 bits per heavy atom. The molecule has 6 rings (SSSR count). The van der Waals surface area contributed by atoms with Crippen molar-refractivity contribution in [3.05, 3.63) is 36.5 Å². The number of piperazine rings is 1. The smallest absolute Gasteiger partial charge is 0.256 e. The Balaban J connectivity index is 1.16. The van der Waals surface area contributed by atoms with Gasteiger partial charge in [0.15, 0.2) is 5.65 Å². The SMILES string of the molecule is Cc1nc2ncc(-c3ccn4nc(NC5CCC(N6CCN(C)CC6)CC5)ncc34)cc2n1CC(F)F. The number of imidazole rings is 1. The Hall–Kier alpha value is -3.18. The second kappa shape index (κ2) is 9.94. The van der Waals surface area contributed by atoms with Gasteiger partial charge in [-0.2, -0.15) is 0 Å². The topological polar surface area (TPSA) is 79.4 Å². The van der Waals surface area contributed by atoms with Gasteiger partial charge in [0.2, 0.25) is 5.95 Å². The van der Waals surface area contributed by atoms with Crippen LogP contribution in [0.15, 0.2) is 30.7 Å². The van der Waals surface area contributed by atoms with Gasteiger partial charge in [-0.25, -0.2) is 28.2 Å². The molecule has 1 aliphatic carbocycles. The molecular weight excluding hydrogens is 476 g/mol. The highest BCUT2D eigenvalue weighted by Gasteiger charge is 2.28. The Bertz CT molecular complexity index is 1380. The average Bonchev–Trinajstić information content (AvgIpc) is 3.45. The summed E-state index contributed by atoms with van der Waals surface area (Å²) in [5.41, 5.74) is 3.62. The molecule has 9 nitrogen and oxygen atoms in total. The van der Waals surface area contributed by atoms with Crippen LogP contribution in [0.4, 0.5) is 14.7 Å². The minimum Gasteiger partial charge on any atom is -0.350 e. The maximum absolute atomic E-state index is 13.1. The van der Waals surface area contributed by atoms with E-state index < -0.39 is 13.0 Å². The van der Waals surface area contributed by atoms with Crippen molar-refractivity contribution in [1.82, 2.24) is 38.9 Å². The number of nitrogens with one attached hydrogen (secondary N) is 1. The summed E-state index contributed by atoms with van der Waals surface area (Å²) in [6.07, 6.45) is 7.61. The molecule has 5 heterocycles. The van der Waals surface area contributed by atoms with Crippen LogP contribution in [0.25, 0.3) is 27.8 Å². The van der Waals surface area contributed by atoms with Crippen molar-refractivity contribution < 1.29 is 8.78 Å². The van der Waals surface area contributed by atoms with Crippen LogP contribution < -0.4 is 5.32 Å². The number of fused-ring (bicyclic) bond motifs is 2. The predicted molar refractivity (Wildman–Crippen MR) is 139 cm³/mol. The third-order valence-corrected chi connectivity index (χ3v) is 7.93. The minimum atomic E-state index is -2.46. The molecule has 1 aliphatic heterocycles. The molecule has 2 aliphatic rings. The van der Waals surface area contributed by atoms with Crippen LogP contribution in [-0.2, 0) is 6.54 Å². The van der Waals surface area contributed by atoms with Gasteiger partial charge in [0, 0.05) is 61.8 Å². The quantitative estimate of drug-likeness (QED) is 0.425. The molecule has 1 saturated carbocycles. The molecule has 0 unspecified atom stereocenters. The van der Waals surface area contributed by atoms with E-state index in [0.717, 1.165) is 42.6 Å². The van der Waals surface area contributed by atoms with Gasteiger partial charge in [-0.3, -0.25) is 4.90 Å². The zero-order valence-electron chi connectivity index (χ0n) is 21.3. The highest BCUT2D eigenvalue weighted by Crippen LogP contribution is 2.29. The molecule has 196 valence electrons. The van der Waals surface area contributed by atoms with Crippen molar-refractivity contribution in [2.24, 2.45) is 0 Å². The van der Waals surface area contributed by atoms with E-state index in [4.69, 9.17) is 5.10 Å². The summed E-state index contributed by atoms with van der Waals surface area (Å²) in [5.74, 6) is 1.15. The summed E-state index contributed by atoms with van der Waals surface area (Å²) >= 11 is 0. The van der Waals surface area contributed by atoms with Crippen molar-refractivity contribution in [2.75, 3.05) is 38.5 Å². The molecule has 1 N–H and O–H groups in total. The third kappa shape index (κ3) is 4.89. The second-order valence-corrected chi connectivity index (χ2v) is 10.4. The lowest BCUT2D eigenvalue weighted by Gasteiger charge is -2.41. The van der Waals surface area contributed by atoms with Crippen LogP contribution in [-0.4, -0.2) is 90.7 Å². The van der Waals surface area contributed by atoms with E-state index in [1.165, 1.54) is 30.5 Å². The van der Waals surface area contributed by atoms with Crippen molar-refractivity contribution in [1.29, 1.82) is 0 Å². The Labute approximate surface area is 214 Å². The molecule has 2 fully saturated rings. The van der Waals surface area contributed by atoms with Crippen LogP contribution in [0.2, 0.25) is 0 Å². The van der Waals surface area contributed by atoms with Gasteiger partial charge in [-0.1, -0.05) is 0 Å². The number of pyridine rings is 1. The zero-order valence-corrected chi connectivity index (χ0v) is 21.3. The number of hydrogen-bond donors (Lipinski definition) is 1. The van der Waals surface area contributed by atoms with E-state index in [1.807, 2.05) is 29.0 Å². The Morgan fingerprint density at radius 3 is 2.57 bits per heavy atom. The van der Waals surface area contributed by atoms with Crippen molar-refractivity contribution in [3.8, 4) is 11.1 Å². The molecule has 0 atom stereocenters. The van der Waals surface area contributed by atoms with Crippen molar-refractivity contribution in [2.45, 2.75) is 57.7 Å². The first kappa shape index (κ1) is 24.2. The fourth-order valence-corrected chi connectivity index (χ4v) is 5.80. The first-order valence-electron chi connectivity index (χ1n) is 13.1. The van der Waals surface area contributed by atoms with E-state index in [0.29, 0.717) is 35.0 Å². The third-order valence-electron chi connectivity index (χ3n) is 7.93. The fourth-order valence-electron chi connectivity index (χ4n) is 5.80. The molecule has 0 amide bonds. The van der Waals surface area contributed by atoms with Gasteiger partial charge in [0.05, 0.1) is 23.8 Å². The number of aryl methyl sites for hydroxylation is 1. The molecule has 0 radical (unpaired) electrons. The van der Waals surface area contributed by atoms with E-state index in [1.54, 1.807) is 13.1 Å². The Kier molecular flexibility index (Phi) is 6.49. The number of alkyl halides is 2. The van der Waals surface area contributed by atoms with Crippen LogP contribution >= 0.6 is 0 Å². The molecule has 0 spiro atoms. The summed E-state index contributed by atoms with van der Waals surface area (Å²) in [6.45, 7) is 5.98. The highest BCUT2D eigenvalue weighted by molar-refractivity contribution is 5.85. The molecule has 4 aromatic heterocycles. The summed E-state index contributed by atoms with van der Waals surface area (Å²) in [4.78, 5) is 18.4. The molecule has 4 aromatic rings. The second-order valence-electron chi connectivity index (χ2n) is 10.4. The first-order chi connectivity index (χ1) is 17.9. The number of aromatic nitrogens is 6. The lowest BCUT2D eigenvalue weighted by Crippen LogP contribution is -2.50.